The standard InChI is InChI=1S/C13H24N2Si2.C13H23N2Si2.ClH.Cu/c2*1-16(2,3)14-13(15-17(4,5)6)12-10-8-7-9-11-12;;/h7-11H,1-6H3,(H,14,15);7-11H,1-6H3;1H;/q;-1;;+2/p-1. The molecule has 0 aliphatic heterocycles. The van der Waals surface area contributed by atoms with E-state index in [1.165, 1.54) is 5.56 Å². The summed E-state index contributed by atoms with van der Waals surface area (Å²) in [5.41, 5.74) is 2.36. The van der Waals surface area contributed by atoms with E-state index in [0.717, 1.165) is 17.2 Å². The van der Waals surface area contributed by atoms with Gasteiger partial charge in [-0.15, -0.1) is 0 Å². The molecule has 0 aliphatic carbocycles. The molecule has 0 aromatic heterocycles. The molecule has 0 fully saturated rings. The van der Waals surface area contributed by atoms with Gasteiger partial charge in [0, 0.05) is 22.0 Å². The molecule has 0 heterocycles. The Hall–Kier alpha value is -0.943. The molecule has 0 amide bonds. The van der Waals surface area contributed by atoms with Crippen LogP contribution in [0.3, 0.4) is 0 Å². The van der Waals surface area contributed by atoms with Crippen LogP contribution >= 0.6 is 10.1 Å². The van der Waals surface area contributed by atoms with E-state index in [1.807, 2.05) is 12.1 Å². The zero-order valence-electron chi connectivity index (χ0n) is 24.3. The third kappa shape index (κ3) is 18.3. The molecule has 0 atom stereocenters. The molecular formula is C26H47ClCuN4Si4. The number of rotatable bonds is 6. The summed E-state index contributed by atoms with van der Waals surface area (Å²) < 4.78 is 9.83. The minimum atomic E-state index is -1.49. The number of hydrogen-bond donors (Lipinski definition) is 1. The van der Waals surface area contributed by atoms with Crippen molar-refractivity contribution in [3.05, 3.63) is 76.8 Å². The fourth-order valence-electron chi connectivity index (χ4n) is 2.83. The Bertz CT molecular complexity index is 865. The third-order valence-corrected chi connectivity index (χ3v) is 7.55. The monoisotopic (exact) mass is 625 g/mol. The third-order valence-electron chi connectivity index (χ3n) is 3.90. The molecule has 0 aliphatic rings. The fourth-order valence-corrected chi connectivity index (χ4v) is 6.44. The van der Waals surface area contributed by atoms with Crippen LogP contribution < -0.4 is 4.98 Å². The summed E-state index contributed by atoms with van der Waals surface area (Å²) in [7, 11) is -1.59. The van der Waals surface area contributed by atoms with Crippen molar-refractivity contribution in [1.82, 2.24) is 4.98 Å². The molecule has 1 N–H and O–H groups in total. The fraction of sp³-hybridized carbons (Fsp3) is 0.462. The van der Waals surface area contributed by atoms with Gasteiger partial charge in [-0.3, -0.25) is 0 Å². The van der Waals surface area contributed by atoms with Crippen molar-refractivity contribution < 1.29 is 15.1 Å². The van der Waals surface area contributed by atoms with Gasteiger partial charge in [0.2, 0.25) is 0 Å². The number of nitrogens with one attached hydrogen (secondary N) is 1. The Balaban J connectivity index is 0.000000637. The molecule has 4 nitrogen and oxygen atoms in total. The summed E-state index contributed by atoms with van der Waals surface area (Å²) in [5, 5.41) is 0. The first-order valence-corrected chi connectivity index (χ1v) is 27.4. The minimum absolute atomic E-state index is 0.962. The SMILES string of the molecule is C[Si](C)(C)/N=C(/N[Si](C)(C)C)c1ccccc1.C[Si](C)(C)/N=C(/[N-][Si](C)(C)C)c1ccccc1.[Cl][Cu+]. The van der Waals surface area contributed by atoms with Crippen molar-refractivity contribution in [2.24, 2.45) is 9.32 Å². The van der Waals surface area contributed by atoms with Crippen LogP contribution in [0.1, 0.15) is 11.1 Å². The van der Waals surface area contributed by atoms with Crippen molar-refractivity contribution >= 4 is 54.7 Å². The molecule has 2 aromatic carbocycles. The molecule has 2 rings (SSSR count). The van der Waals surface area contributed by atoms with Gasteiger partial charge < -0.3 is 19.3 Å². The molecule has 10 heteroatoms. The van der Waals surface area contributed by atoms with Gasteiger partial charge in [-0.1, -0.05) is 125 Å². The molecular weight excluding hydrogens is 580 g/mol. The van der Waals surface area contributed by atoms with E-state index in [-0.39, 0.29) is 0 Å². The van der Waals surface area contributed by atoms with Gasteiger partial charge in [-0.25, -0.2) is 0 Å². The molecule has 36 heavy (non-hydrogen) atoms. The quantitative estimate of drug-likeness (QED) is 0.194. The average molecular weight is 627 g/mol. The molecule has 0 saturated heterocycles. The second-order valence-electron chi connectivity index (χ2n) is 12.6. The van der Waals surface area contributed by atoms with Gasteiger partial charge in [0.15, 0.2) is 8.24 Å². The maximum absolute atomic E-state index is 4.94. The molecule has 0 radical (unpaired) electrons. The van der Waals surface area contributed by atoms with Gasteiger partial charge in [-0.05, 0) is 25.2 Å². The Labute approximate surface area is 238 Å². The first-order chi connectivity index (χ1) is 16.3. The topological polar surface area (TPSA) is 50.9 Å². The first-order valence-electron chi connectivity index (χ1n) is 12.3. The zero-order chi connectivity index (χ0) is 28.2. The van der Waals surface area contributed by atoms with Gasteiger partial charge in [0.05, 0.1) is 0 Å². The van der Waals surface area contributed by atoms with Crippen molar-refractivity contribution in [2.45, 2.75) is 78.6 Å². The van der Waals surface area contributed by atoms with Crippen LogP contribution in [0.4, 0.5) is 0 Å². The van der Waals surface area contributed by atoms with E-state index < -0.39 is 32.9 Å². The number of amidine groups is 2. The van der Waals surface area contributed by atoms with Crippen LogP contribution in [0.5, 0.6) is 0 Å². The molecule has 0 spiro atoms. The van der Waals surface area contributed by atoms with Crippen LogP contribution in [-0.2, 0) is 15.1 Å². The molecule has 205 valence electrons. The van der Waals surface area contributed by atoms with Crippen molar-refractivity contribution in [1.29, 1.82) is 0 Å². The number of nitrogens with zero attached hydrogens (tertiary/aromatic N) is 3. The Morgan fingerprint density at radius 3 is 1.36 bits per heavy atom. The van der Waals surface area contributed by atoms with Crippen molar-refractivity contribution in [3.63, 3.8) is 0 Å². The summed E-state index contributed by atoms with van der Waals surface area (Å²) in [6.45, 7) is 27.2. The second-order valence-corrected chi connectivity index (χ2v) is 31.1. The molecule has 0 saturated carbocycles. The summed E-state index contributed by atoms with van der Waals surface area (Å²) in [4.78, 5) is 8.54. The molecule has 0 unspecified atom stereocenters. The summed E-state index contributed by atoms with van der Waals surface area (Å²) >= 11 is 3.66. The molecule has 0 bridgehead atoms. The predicted molar refractivity (Wildman–Crippen MR) is 172 cm³/mol. The number of hydrogen-bond acceptors (Lipinski definition) is 2. The molecule has 2 aromatic rings. The summed E-state index contributed by atoms with van der Waals surface area (Å²) in [6.07, 6.45) is 0. The van der Waals surface area contributed by atoms with E-state index in [9.17, 15) is 0 Å². The zero-order valence-corrected chi connectivity index (χ0v) is 30.0. The van der Waals surface area contributed by atoms with Gasteiger partial charge in [0.25, 0.3) is 0 Å². The van der Waals surface area contributed by atoms with Crippen LogP contribution in [0.25, 0.3) is 4.98 Å². The predicted octanol–water partition coefficient (Wildman–Crippen LogP) is 8.86. The van der Waals surface area contributed by atoms with Crippen molar-refractivity contribution in [2.75, 3.05) is 0 Å². The Kier molecular flexibility index (Phi) is 15.1. The first kappa shape index (κ1) is 35.1. The van der Waals surface area contributed by atoms with E-state index in [1.54, 1.807) is 0 Å². The van der Waals surface area contributed by atoms with Crippen LogP contribution in [0.2, 0.25) is 78.6 Å². The van der Waals surface area contributed by atoms with E-state index >= 15 is 0 Å². The van der Waals surface area contributed by atoms with Gasteiger partial charge in [0.1, 0.15) is 14.1 Å². The summed E-state index contributed by atoms with van der Waals surface area (Å²) in [6, 6.07) is 20.8. The Morgan fingerprint density at radius 2 is 1.03 bits per heavy atom. The number of halogens is 1. The van der Waals surface area contributed by atoms with Crippen LogP contribution in [-0.4, -0.2) is 44.6 Å². The van der Waals surface area contributed by atoms with E-state index in [2.05, 4.69) is 157 Å². The van der Waals surface area contributed by atoms with Crippen LogP contribution in [0.15, 0.2) is 70.0 Å². The van der Waals surface area contributed by atoms with Gasteiger partial charge in [-0.2, -0.15) is 0 Å². The second kappa shape index (κ2) is 15.5. The van der Waals surface area contributed by atoms with E-state index in [4.69, 9.17) is 14.3 Å². The average Bonchev–Trinajstić information content (AvgIpc) is 2.72. The van der Waals surface area contributed by atoms with Crippen molar-refractivity contribution in [3.8, 4) is 0 Å². The van der Waals surface area contributed by atoms with Crippen LogP contribution in [0, 0.1) is 0 Å². The Morgan fingerprint density at radius 1 is 0.639 bits per heavy atom. The number of benzene rings is 2. The normalized spacial score (nSPS) is 13.1. The van der Waals surface area contributed by atoms with E-state index in [0.29, 0.717) is 0 Å². The van der Waals surface area contributed by atoms with Gasteiger partial charge >= 0.3 is 25.2 Å². The maximum atomic E-state index is 4.94. The summed E-state index contributed by atoms with van der Waals surface area (Å²) in [5.74, 6) is 2.05.